The van der Waals surface area contributed by atoms with Gasteiger partial charge >= 0.3 is 0 Å². The number of nitrogens with one attached hydrogen (secondary N) is 3. The highest BCUT2D eigenvalue weighted by Crippen LogP contribution is 2.29. The molecule has 2 aliphatic heterocycles. The quantitative estimate of drug-likeness (QED) is 0.601. The zero-order valence-corrected chi connectivity index (χ0v) is 16.5. The van der Waals surface area contributed by atoms with Gasteiger partial charge in [-0.1, -0.05) is 18.0 Å². The smallest absolute Gasteiger partial charge is 0.279 e. The van der Waals surface area contributed by atoms with Crippen molar-refractivity contribution < 1.29 is 22.9 Å². The number of quaternary nitrogens is 1. The third-order valence-electron chi connectivity index (χ3n) is 4.77. The fraction of sp³-hybridized carbons (Fsp3) is 0.529. The van der Waals surface area contributed by atoms with Gasteiger partial charge in [-0.25, -0.2) is 8.42 Å². The summed E-state index contributed by atoms with van der Waals surface area (Å²) in [6, 6.07) is 4.46. The molecule has 8 nitrogen and oxygen atoms in total. The van der Waals surface area contributed by atoms with Crippen LogP contribution in [0.25, 0.3) is 0 Å². The van der Waals surface area contributed by atoms with Gasteiger partial charge in [0.05, 0.1) is 18.1 Å². The fourth-order valence-electron chi connectivity index (χ4n) is 3.36. The number of hydrogen-bond acceptors (Lipinski definition) is 4. The summed E-state index contributed by atoms with van der Waals surface area (Å²) >= 11 is 6.14. The molecule has 0 aliphatic carbocycles. The van der Waals surface area contributed by atoms with Crippen molar-refractivity contribution in [3.05, 3.63) is 23.2 Å². The average Bonchev–Trinajstić information content (AvgIpc) is 2.64. The number of hydrogen-bond donors (Lipinski definition) is 3. The van der Waals surface area contributed by atoms with Crippen LogP contribution in [-0.4, -0.2) is 63.8 Å². The number of anilines is 1. The number of piperazine rings is 1. The van der Waals surface area contributed by atoms with Crippen LogP contribution in [0, 0.1) is 0 Å². The van der Waals surface area contributed by atoms with Gasteiger partial charge < -0.3 is 15.5 Å². The van der Waals surface area contributed by atoms with Gasteiger partial charge in [-0.05, 0) is 31.0 Å². The topological polar surface area (TPSA) is 100 Å². The van der Waals surface area contributed by atoms with Gasteiger partial charge in [0, 0.05) is 18.8 Å². The maximum atomic E-state index is 12.9. The molecule has 2 aliphatic rings. The molecule has 0 saturated carbocycles. The molecule has 0 bridgehead atoms. The van der Waals surface area contributed by atoms with Crippen LogP contribution in [0.1, 0.15) is 19.3 Å². The van der Waals surface area contributed by atoms with Crippen LogP contribution in [0.3, 0.4) is 0 Å². The van der Waals surface area contributed by atoms with Gasteiger partial charge in [0.2, 0.25) is 10.0 Å². The summed E-state index contributed by atoms with van der Waals surface area (Å²) in [5.41, 5.74) is 0.376. The Balaban J connectivity index is 1.71. The standard InChI is InChI=1S/C17H23ClN4O4S/c18-14-5-4-13(20-17(24)12-21-9-6-19-16(23)11-21)10-15(14)27(25,26)22-7-2-1-3-8-22/h4-5,10H,1-3,6-9,11-12H2,(H,19,23)(H,20,24)/p+1. The van der Waals surface area contributed by atoms with Gasteiger partial charge in [0.15, 0.2) is 13.1 Å². The molecule has 10 heteroatoms. The van der Waals surface area contributed by atoms with E-state index in [1.807, 2.05) is 0 Å². The Morgan fingerprint density at radius 1 is 1.26 bits per heavy atom. The molecule has 2 saturated heterocycles. The molecule has 2 amide bonds. The minimum Gasteiger partial charge on any atom is -0.346 e. The zero-order valence-electron chi connectivity index (χ0n) is 15.0. The second kappa shape index (κ2) is 8.55. The molecular formula is C17H24ClN4O4S+. The molecule has 0 radical (unpaired) electrons. The normalized spacial score (nSPS) is 21.5. The van der Waals surface area contributed by atoms with E-state index in [-0.39, 0.29) is 34.8 Å². The molecule has 3 rings (SSSR count). The molecule has 3 N–H and O–H groups in total. The van der Waals surface area contributed by atoms with Crippen molar-refractivity contribution in [2.75, 3.05) is 44.6 Å². The van der Waals surface area contributed by atoms with Crippen LogP contribution in [0.15, 0.2) is 23.1 Å². The third-order valence-corrected chi connectivity index (χ3v) is 7.15. The monoisotopic (exact) mass is 415 g/mol. The second-order valence-electron chi connectivity index (χ2n) is 6.86. The third kappa shape index (κ3) is 4.98. The van der Waals surface area contributed by atoms with E-state index in [1.165, 1.54) is 16.4 Å². The number of carbonyl (C=O) groups excluding carboxylic acids is 2. The van der Waals surface area contributed by atoms with E-state index in [2.05, 4.69) is 10.6 Å². The van der Waals surface area contributed by atoms with Gasteiger partial charge in [-0.15, -0.1) is 0 Å². The summed E-state index contributed by atoms with van der Waals surface area (Å²) in [6.07, 6.45) is 2.69. The van der Waals surface area contributed by atoms with Crippen LogP contribution < -0.4 is 15.5 Å². The zero-order chi connectivity index (χ0) is 19.4. The van der Waals surface area contributed by atoms with Crippen molar-refractivity contribution in [3.8, 4) is 0 Å². The molecule has 0 aromatic heterocycles. The fourth-order valence-corrected chi connectivity index (χ4v) is 5.38. The first-order valence-corrected chi connectivity index (χ1v) is 10.9. The van der Waals surface area contributed by atoms with Crippen LogP contribution in [0.5, 0.6) is 0 Å². The van der Waals surface area contributed by atoms with Crippen molar-refractivity contribution in [3.63, 3.8) is 0 Å². The lowest BCUT2D eigenvalue weighted by Gasteiger charge is -2.26. The van der Waals surface area contributed by atoms with Crippen LogP contribution in [0.4, 0.5) is 5.69 Å². The Morgan fingerprint density at radius 2 is 2.00 bits per heavy atom. The molecule has 1 aromatic carbocycles. The van der Waals surface area contributed by atoms with Gasteiger partial charge in [0.1, 0.15) is 4.90 Å². The molecule has 0 spiro atoms. The summed E-state index contributed by atoms with van der Waals surface area (Å²) in [7, 11) is -3.69. The van der Waals surface area contributed by atoms with Crippen LogP contribution in [0.2, 0.25) is 5.02 Å². The van der Waals surface area contributed by atoms with E-state index in [1.54, 1.807) is 6.07 Å². The number of rotatable bonds is 5. The van der Waals surface area contributed by atoms with Gasteiger partial charge in [-0.2, -0.15) is 4.31 Å². The SMILES string of the molecule is O=C1C[NH+](CC(=O)Nc2ccc(Cl)c(S(=O)(=O)N3CCCCC3)c2)CCN1. The van der Waals surface area contributed by atoms with Crippen LogP contribution in [-0.2, 0) is 19.6 Å². The predicted octanol–water partition coefficient (Wildman–Crippen LogP) is -0.532. The number of halogens is 1. The number of benzene rings is 1. The van der Waals surface area contributed by atoms with Crippen molar-refractivity contribution >= 4 is 39.1 Å². The lowest BCUT2D eigenvalue weighted by atomic mass is 10.2. The minimum atomic E-state index is -3.69. The first-order valence-electron chi connectivity index (χ1n) is 9.06. The van der Waals surface area contributed by atoms with E-state index < -0.39 is 10.0 Å². The lowest BCUT2D eigenvalue weighted by molar-refractivity contribution is -0.885. The molecule has 1 unspecified atom stereocenters. The average molecular weight is 416 g/mol. The van der Waals surface area contributed by atoms with E-state index >= 15 is 0 Å². The summed E-state index contributed by atoms with van der Waals surface area (Å²) in [6.45, 7) is 2.58. The highest BCUT2D eigenvalue weighted by molar-refractivity contribution is 7.89. The van der Waals surface area contributed by atoms with Crippen molar-refractivity contribution in [1.82, 2.24) is 9.62 Å². The Kier molecular flexibility index (Phi) is 6.36. The van der Waals surface area contributed by atoms with E-state index in [0.29, 0.717) is 31.9 Å². The highest BCUT2D eigenvalue weighted by Gasteiger charge is 2.28. The molecular weight excluding hydrogens is 392 g/mol. The summed E-state index contributed by atoms with van der Waals surface area (Å²) < 4.78 is 27.2. The maximum absolute atomic E-state index is 12.9. The first-order chi connectivity index (χ1) is 12.9. The first kappa shape index (κ1) is 20.1. The maximum Gasteiger partial charge on any atom is 0.279 e. The van der Waals surface area contributed by atoms with Gasteiger partial charge in [0.25, 0.3) is 11.8 Å². The largest absolute Gasteiger partial charge is 0.346 e. The number of carbonyl (C=O) groups is 2. The minimum absolute atomic E-state index is 0.00793. The molecule has 1 aromatic rings. The lowest BCUT2D eigenvalue weighted by Crippen LogP contribution is -3.16. The summed E-state index contributed by atoms with van der Waals surface area (Å²) in [5.74, 6) is -0.353. The molecule has 2 fully saturated rings. The Morgan fingerprint density at radius 3 is 2.70 bits per heavy atom. The van der Waals surface area contributed by atoms with E-state index in [4.69, 9.17) is 11.6 Å². The molecule has 1 atom stereocenters. The summed E-state index contributed by atoms with van der Waals surface area (Å²) in [5, 5.41) is 5.57. The number of nitrogens with zero attached hydrogens (tertiary/aromatic N) is 1. The summed E-state index contributed by atoms with van der Waals surface area (Å²) in [4.78, 5) is 24.6. The van der Waals surface area contributed by atoms with Crippen LogP contribution >= 0.6 is 11.6 Å². The van der Waals surface area contributed by atoms with Gasteiger partial charge in [-0.3, -0.25) is 9.59 Å². The van der Waals surface area contributed by atoms with E-state index in [0.717, 1.165) is 24.2 Å². The predicted molar refractivity (Wildman–Crippen MR) is 101 cm³/mol. The van der Waals surface area contributed by atoms with Crippen molar-refractivity contribution in [1.29, 1.82) is 0 Å². The highest BCUT2D eigenvalue weighted by atomic mass is 35.5. The van der Waals surface area contributed by atoms with E-state index in [9.17, 15) is 18.0 Å². The van der Waals surface area contributed by atoms with Crippen molar-refractivity contribution in [2.45, 2.75) is 24.2 Å². The Labute approximate surface area is 163 Å². The molecule has 27 heavy (non-hydrogen) atoms. The number of piperidine rings is 1. The molecule has 2 heterocycles. The number of amides is 2. The second-order valence-corrected chi connectivity index (χ2v) is 9.18. The van der Waals surface area contributed by atoms with Crippen molar-refractivity contribution in [2.24, 2.45) is 0 Å². The Bertz CT molecular complexity index is 824. The number of sulfonamides is 1. The molecule has 148 valence electrons. The Hall–Kier alpha value is -1.68.